The molecule has 0 saturated heterocycles. The third-order valence-electron chi connectivity index (χ3n) is 4.42. The maximum absolute atomic E-state index is 11.4. The van der Waals surface area contributed by atoms with Crippen LogP contribution in [0.1, 0.15) is 24.4 Å². The fourth-order valence-electron chi connectivity index (χ4n) is 3.03. The van der Waals surface area contributed by atoms with Crippen molar-refractivity contribution >= 4 is 5.97 Å². The second-order valence-electron chi connectivity index (χ2n) is 6.81. The first-order chi connectivity index (χ1) is 14.6. The van der Waals surface area contributed by atoms with Gasteiger partial charge in [-0.1, -0.05) is 0 Å². The lowest BCUT2D eigenvalue weighted by molar-refractivity contribution is -0.138. The first-order valence-corrected chi connectivity index (χ1v) is 9.56. The highest BCUT2D eigenvalue weighted by Gasteiger charge is 2.22. The summed E-state index contributed by atoms with van der Waals surface area (Å²) in [4.78, 5) is 41.0. The van der Waals surface area contributed by atoms with Crippen molar-refractivity contribution in [3.8, 4) is 0 Å². The van der Waals surface area contributed by atoms with Crippen molar-refractivity contribution in [2.45, 2.75) is 32.6 Å². The van der Waals surface area contributed by atoms with E-state index in [2.05, 4.69) is 34.8 Å². The molecule has 0 radical (unpaired) electrons. The minimum atomic E-state index is -0.900. The number of rotatable bonds is 11. The molecule has 3 aromatic rings. The molecular weight excluding hydrogens is 384 g/mol. The second kappa shape index (κ2) is 11.0. The fourth-order valence-corrected chi connectivity index (χ4v) is 3.03. The molecule has 0 aliphatic carbocycles. The number of carboxylic acids is 1. The summed E-state index contributed by atoms with van der Waals surface area (Å²) >= 11 is 0. The van der Waals surface area contributed by atoms with E-state index in [1.807, 2.05) is 11.8 Å². The van der Waals surface area contributed by atoms with Crippen LogP contribution in [-0.4, -0.2) is 69.9 Å². The van der Waals surface area contributed by atoms with E-state index in [4.69, 9.17) is 0 Å². The van der Waals surface area contributed by atoms with Crippen LogP contribution in [0.25, 0.3) is 0 Å². The number of carbonyl (C=O) groups is 1. The zero-order valence-corrected chi connectivity index (χ0v) is 16.7. The zero-order chi connectivity index (χ0) is 21.2. The maximum Gasteiger partial charge on any atom is 0.317 e. The third kappa shape index (κ3) is 6.90. The van der Waals surface area contributed by atoms with Gasteiger partial charge in [0.2, 0.25) is 0 Å². The summed E-state index contributed by atoms with van der Waals surface area (Å²) in [7, 11) is 0. The third-order valence-corrected chi connectivity index (χ3v) is 4.42. The average Bonchev–Trinajstić information content (AvgIpc) is 2.75. The van der Waals surface area contributed by atoms with Gasteiger partial charge >= 0.3 is 5.97 Å². The van der Waals surface area contributed by atoms with Crippen LogP contribution in [0.2, 0.25) is 0 Å². The molecule has 0 amide bonds. The second-order valence-corrected chi connectivity index (χ2v) is 6.81. The van der Waals surface area contributed by atoms with E-state index in [9.17, 15) is 9.90 Å². The summed E-state index contributed by atoms with van der Waals surface area (Å²) in [6, 6.07) is 5.24. The van der Waals surface area contributed by atoms with Gasteiger partial charge in [-0.15, -0.1) is 0 Å². The summed E-state index contributed by atoms with van der Waals surface area (Å²) in [6.45, 7) is 3.73. The number of aliphatic carboxylic acids is 1. The van der Waals surface area contributed by atoms with Crippen LogP contribution in [-0.2, 0) is 24.4 Å². The predicted octanol–water partition coefficient (Wildman–Crippen LogP) is 1.03. The molecule has 0 aliphatic rings. The van der Waals surface area contributed by atoms with Crippen LogP contribution in [0.3, 0.4) is 0 Å². The number of aromatic nitrogens is 6. The Kier molecular flexibility index (Phi) is 7.81. The first-order valence-electron chi connectivity index (χ1n) is 9.56. The highest BCUT2D eigenvalue weighted by Crippen LogP contribution is 2.11. The molecule has 3 rings (SSSR count). The van der Waals surface area contributed by atoms with Crippen molar-refractivity contribution in [3.63, 3.8) is 0 Å². The minimum absolute atomic E-state index is 0.0272. The molecule has 0 spiro atoms. The van der Waals surface area contributed by atoms with Gasteiger partial charge in [0, 0.05) is 49.8 Å². The molecule has 1 N–H and O–H groups in total. The van der Waals surface area contributed by atoms with E-state index in [0.717, 1.165) is 0 Å². The van der Waals surface area contributed by atoms with Gasteiger partial charge in [0.05, 0.1) is 26.2 Å². The molecule has 1 unspecified atom stereocenters. The van der Waals surface area contributed by atoms with Gasteiger partial charge < -0.3 is 5.11 Å². The summed E-state index contributed by atoms with van der Waals surface area (Å²) in [6.07, 6.45) is 10.1. The molecule has 30 heavy (non-hydrogen) atoms. The van der Waals surface area contributed by atoms with Crippen LogP contribution < -0.4 is 0 Å². The van der Waals surface area contributed by atoms with Gasteiger partial charge in [-0.25, -0.2) is 29.9 Å². The Labute approximate surface area is 174 Å². The lowest BCUT2D eigenvalue weighted by Crippen LogP contribution is -2.43. The van der Waals surface area contributed by atoms with Gasteiger partial charge in [-0.3, -0.25) is 14.6 Å². The van der Waals surface area contributed by atoms with Gasteiger partial charge in [0.1, 0.15) is 17.5 Å². The molecule has 0 fully saturated rings. The summed E-state index contributed by atoms with van der Waals surface area (Å²) < 4.78 is 0. The molecule has 10 heteroatoms. The highest BCUT2D eigenvalue weighted by molar-refractivity contribution is 5.69. The molecule has 0 aliphatic heterocycles. The van der Waals surface area contributed by atoms with Gasteiger partial charge in [0.15, 0.2) is 0 Å². The topological polar surface area (TPSA) is 121 Å². The number of carboxylic acid groups (broad SMARTS) is 1. The number of hydrogen-bond donors (Lipinski definition) is 1. The van der Waals surface area contributed by atoms with Crippen molar-refractivity contribution in [2.24, 2.45) is 0 Å². The van der Waals surface area contributed by atoms with Gasteiger partial charge in [0.25, 0.3) is 0 Å². The van der Waals surface area contributed by atoms with E-state index >= 15 is 0 Å². The van der Waals surface area contributed by atoms with Crippen molar-refractivity contribution in [1.29, 1.82) is 0 Å². The van der Waals surface area contributed by atoms with E-state index < -0.39 is 5.97 Å². The van der Waals surface area contributed by atoms with Crippen LogP contribution in [0.4, 0.5) is 0 Å². The standard InChI is InChI=1S/C20H24N8O2/c1-16(11-27(15-20(29)30)12-17-21-5-2-6-22-17)28(13-18-23-7-3-8-24-18)14-19-25-9-4-10-26-19/h2-10,16H,11-15H2,1H3,(H,29,30). The maximum atomic E-state index is 11.4. The Morgan fingerprint density at radius 1 is 0.800 bits per heavy atom. The van der Waals surface area contributed by atoms with E-state index in [1.54, 1.807) is 55.4 Å². The molecule has 0 aromatic carbocycles. The lowest BCUT2D eigenvalue weighted by Gasteiger charge is -2.31. The van der Waals surface area contributed by atoms with E-state index in [-0.39, 0.29) is 12.6 Å². The number of hydrogen-bond acceptors (Lipinski definition) is 9. The smallest absolute Gasteiger partial charge is 0.317 e. The first kappa shape index (κ1) is 21.3. The normalized spacial score (nSPS) is 12.2. The molecule has 1 atom stereocenters. The van der Waals surface area contributed by atoms with E-state index in [0.29, 0.717) is 43.7 Å². The van der Waals surface area contributed by atoms with E-state index in [1.165, 1.54) is 0 Å². The van der Waals surface area contributed by atoms with Gasteiger partial charge in [-0.05, 0) is 25.1 Å². The average molecular weight is 408 g/mol. The summed E-state index contributed by atoms with van der Waals surface area (Å²) in [5.41, 5.74) is 0. The molecule has 3 aromatic heterocycles. The van der Waals surface area contributed by atoms with Crippen molar-refractivity contribution in [2.75, 3.05) is 13.1 Å². The molecule has 0 bridgehead atoms. The minimum Gasteiger partial charge on any atom is -0.480 e. The molecule has 0 saturated carbocycles. The molecule has 3 heterocycles. The summed E-state index contributed by atoms with van der Waals surface area (Å²) in [5, 5.41) is 9.35. The predicted molar refractivity (Wildman–Crippen MR) is 108 cm³/mol. The Morgan fingerprint density at radius 3 is 1.60 bits per heavy atom. The highest BCUT2D eigenvalue weighted by atomic mass is 16.4. The number of nitrogens with zero attached hydrogens (tertiary/aromatic N) is 8. The van der Waals surface area contributed by atoms with Crippen LogP contribution in [0.5, 0.6) is 0 Å². The Hall–Kier alpha value is -3.37. The Morgan fingerprint density at radius 2 is 1.20 bits per heavy atom. The summed E-state index contributed by atoms with van der Waals surface area (Å²) in [5.74, 6) is 1.03. The van der Waals surface area contributed by atoms with Crippen molar-refractivity contribution in [3.05, 3.63) is 72.9 Å². The van der Waals surface area contributed by atoms with Crippen molar-refractivity contribution < 1.29 is 9.90 Å². The molecule has 156 valence electrons. The SMILES string of the molecule is CC(CN(CC(=O)O)Cc1ncccn1)N(Cc1ncccn1)Cc1ncccn1. The largest absolute Gasteiger partial charge is 0.480 e. The quantitative estimate of drug-likeness (QED) is 0.492. The molecular formula is C20H24N8O2. The molecule has 10 nitrogen and oxygen atoms in total. The van der Waals surface area contributed by atoms with Gasteiger partial charge in [-0.2, -0.15) is 0 Å². The Bertz CT molecular complexity index is 857. The fraction of sp³-hybridized carbons (Fsp3) is 0.350. The van der Waals surface area contributed by atoms with Crippen molar-refractivity contribution in [1.82, 2.24) is 39.7 Å². The lowest BCUT2D eigenvalue weighted by atomic mass is 10.2. The van der Waals surface area contributed by atoms with Crippen LogP contribution in [0.15, 0.2) is 55.4 Å². The monoisotopic (exact) mass is 408 g/mol. The Balaban J connectivity index is 1.74. The van der Waals surface area contributed by atoms with Crippen LogP contribution >= 0.6 is 0 Å². The van der Waals surface area contributed by atoms with Crippen LogP contribution in [0, 0.1) is 0 Å². The zero-order valence-electron chi connectivity index (χ0n) is 16.7.